The fraction of sp³-hybridized carbons (Fsp3) is 0.235. The summed E-state index contributed by atoms with van der Waals surface area (Å²) in [6, 6.07) is 13.6. The minimum Gasteiger partial charge on any atom is -0.497 e. The third kappa shape index (κ3) is 4.87. The molecular formula is C17H19ClN2O3. The first-order valence-corrected chi connectivity index (χ1v) is 7.47. The van der Waals surface area contributed by atoms with Gasteiger partial charge in [0.25, 0.3) is 0 Å². The Balaban J connectivity index is 1.92. The molecule has 0 aliphatic heterocycles. The monoisotopic (exact) mass is 334 g/mol. The third-order valence-electron chi connectivity index (χ3n) is 3.39. The smallest absolute Gasteiger partial charge is 0.321 e. The summed E-state index contributed by atoms with van der Waals surface area (Å²) in [5.74, 6) is 0.717. The van der Waals surface area contributed by atoms with Gasteiger partial charge in [-0.3, -0.25) is 0 Å². The predicted molar refractivity (Wildman–Crippen MR) is 91.1 cm³/mol. The lowest BCUT2D eigenvalue weighted by atomic mass is 10.1. The molecule has 2 N–H and O–H groups in total. The number of nitrogens with one attached hydrogen (secondary N) is 1. The Morgan fingerprint density at radius 1 is 1.22 bits per heavy atom. The van der Waals surface area contributed by atoms with E-state index in [9.17, 15) is 9.90 Å². The number of benzene rings is 2. The molecule has 0 saturated carbocycles. The number of anilines is 1. The van der Waals surface area contributed by atoms with Gasteiger partial charge < -0.3 is 20.1 Å². The Bertz CT molecular complexity index is 644. The average molecular weight is 335 g/mol. The molecule has 0 aliphatic carbocycles. The fourth-order valence-electron chi connectivity index (χ4n) is 2.03. The third-order valence-corrected chi connectivity index (χ3v) is 3.64. The molecule has 6 heteroatoms. The number of likely N-dealkylation sites (N-methyl/N-ethyl adjacent to an activating group) is 1. The van der Waals surface area contributed by atoms with E-state index in [1.54, 1.807) is 62.7 Å². The molecule has 2 amide bonds. The number of carbonyl (C=O) groups is 1. The maximum atomic E-state index is 12.1. The van der Waals surface area contributed by atoms with Crippen LogP contribution < -0.4 is 10.1 Å². The van der Waals surface area contributed by atoms with Gasteiger partial charge in [0.15, 0.2) is 0 Å². The number of halogens is 1. The molecule has 0 bridgehead atoms. The first-order valence-electron chi connectivity index (χ1n) is 7.09. The number of hydrogen-bond donors (Lipinski definition) is 2. The van der Waals surface area contributed by atoms with Crippen molar-refractivity contribution in [3.63, 3.8) is 0 Å². The van der Waals surface area contributed by atoms with E-state index in [-0.39, 0.29) is 12.6 Å². The van der Waals surface area contributed by atoms with Crippen LogP contribution in [-0.4, -0.2) is 36.7 Å². The quantitative estimate of drug-likeness (QED) is 0.879. The molecule has 1 unspecified atom stereocenters. The van der Waals surface area contributed by atoms with Crippen molar-refractivity contribution in [2.45, 2.75) is 6.10 Å². The molecule has 2 aromatic rings. The lowest BCUT2D eigenvalue weighted by molar-refractivity contribution is 0.136. The van der Waals surface area contributed by atoms with Crippen LogP contribution in [0.3, 0.4) is 0 Å². The highest BCUT2D eigenvalue weighted by Gasteiger charge is 2.15. The summed E-state index contributed by atoms with van der Waals surface area (Å²) in [7, 11) is 3.21. The molecule has 2 rings (SSSR count). The summed E-state index contributed by atoms with van der Waals surface area (Å²) < 4.78 is 5.08. The summed E-state index contributed by atoms with van der Waals surface area (Å²) in [6.45, 7) is 0.172. The topological polar surface area (TPSA) is 61.8 Å². The summed E-state index contributed by atoms with van der Waals surface area (Å²) in [4.78, 5) is 13.5. The van der Waals surface area contributed by atoms with Crippen molar-refractivity contribution in [1.82, 2.24) is 4.90 Å². The second kappa shape index (κ2) is 7.85. The van der Waals surface area contributed by atoms with Gasteiger partial charge in [0.05, 0.1) is 19.8 Å². The van der Waals surface area contributed by atoms with E-state index in [0.717, 1.165) is 11.3 Å². The molecular weight excluding hydrogens is 316 g/mol. The SMILES string of the molecule is COc1ccc(C(O)CN(C)C(=O)Nc2ccc(Cl)cc2)cc1. The van der Waals surface area contributed by atoms with Crippen molar-refractivity contribution >= 4 is 23.3 Å². The van der Waals surface area contributed by atoms with Crippen molar-refractivity contribution < 1.29 is 14.6 Å². The number of aliphatic hydroxyl groups excluding tert-OH is 1. The number of carbonyl (C=O) groups excluding carboxylic acids is 1. The van der Waals surface area contributed by atoms with Gasteiger partial charge in [-0.05, 0) is 42.0 Å². The van der Waals surface area contributed by atoms with E-state index in [4.69, 9.17) is 16.3 Å². The van der Waals surface area contributed by atoms with E-state index >= 15 is 0 Å². The van der Waals surface area contributed by atoms with Crippen LogP contribution in [0.15, 0.2) is 48.5 Å². The lowest BCUT2D eigenvalue weighted by Gasteiger charge is -2.21. The van der Waals surface area contributed by atoms with E-state index in [0.29, 0.717) is 10.7 Å². The molecule has 0 radical (unpaired) electrons. The molecule has 0 fully saturated rings. The van der Waals surface area contributed by atoms with Gasteiger partial charge in [0.1, 0.15) is 5.75 Å². The zero-order chi connectivity index (χ0) is 16.8. The van der Waals surface area contributed by atoms with Crippen LogP contribution in [0, 0.1) is 0 Å². The first kappa shape index (κ1) is 17.1. The van der Waals surface area contributed by atoms with E-state index in [1.165, 1.54) is 4.90 Å². The Morgan fingerprint density at radius 3 is 2.39 bits per heavy atom. The van der Waals surface area contributed by atoms with Crippen LogP contribution in [-0.2, 0) is 0 Å². The molecule has 122 valence electrons. The highest BCUT2D eigenvalue weighted by Crippen LogP contribution is 2.19. The number of aliphatic hydroxyl groups is 1. The van der Waals surface area contributed by atoms with Crippen molar-refractivity contribution in [1.29, 1.82) is 0 Å². The minimum absolute atomic E-state index is 0.172. The van der Waals surface area contributed by atoms with Crippen LogP contribution >= 0.6 is 11.6 Å². The van der Waals surface area contributed by atoms with Gasteiger partial charge in [-0.25, -0.2) is 4.79 Å². The van der Waals surface area contributed by atoms with Crippen molar-refractivity contribution in [2.24, 2.45) is 0 Å². The van der Waals surface area contributed by atoms with E-state index < -0.39 is 6.10 Å². The normalized spacial score (nSPS) is 11.7. The van der Waals surface area contributed by atoms with Crippen LogP contribution in [0.2, 0.25) is 5.02 Å². The van der Waals surface area contributed by atoms with Crippen molar-refractivity contribution in [3.8, 4) is 5.75 Å². The van der Waals surface area contributed by atoms with E-state index in [2.05, 4.69) is 5.32 Å². The summed E-state index contributed by atoms with van der Waals surface area (Å²) >= 11 is 5.80. The molecule has 0 aliphatic rings. The summed E-state index contributed by atoms with van der Waals surface area (Å²) in [5.41, 5.74) is 1.36. The molecule has 0 spiro atoms. The average Bonchev–Trinajstić information content (AvgIpc) is 2.56. The van der Waals surface area contributed by atoms with Crippen LogP contribution in [0.25, 0.3) is 0 Å². The first-order chi connectivity index (χ1) is 11.0. The molecule has 0 saturated heterocycles. The second-order valence-electron chi connectivity index (χ2n) is 5.11. The predicted octanol–water partition coefficient (Wildman–Crippen LogP) is 3.55. The number of urea groups is 1. The van der Waals surface area contributed by atoms with Gasteiger partial charge in [-0.1, -0.05) is 23.7 Å². The number of nitrogens with zero attached hydrogens (tertiary/aromatic N) is 1. The number of hydrogen-bond acceptors (Lipinski definition) is 3. The second-order valence-corrected chi connectivity index (χ2v) is 5.54. The zero-order valence-electron chi connectivity index (χ0n) is 13.0. The number of amides is 2. The molecule has 2 aromatic carbocycles. The molecule has 5 nitrogen and oxygen atoms in total. The van der Waals surface area contributed by atoms with Gasteiger partial charge in [0, 0.05) is 17.8 Å². The highest BCUT2D eigenvalue weighted by molar-refractivity contribution is 6.30. The van der Waals surface area contributed by atoms with Crippen molar-refractivity contribution in [2.75, 3.05) is 26.0 Å². The van der Waals surface area contributed by atoms with E-state index in [1.807, 2.05) is 0 Å². The summed E-state index contributed by atoms with van der Waals surface area (Å²) in [5, 5.41) is 13.6. The maximum absolute atomic E-state index is 12.1. The maximum Gasteiger partial charge on any atom is 0.321 e. The Labute approximate surface area is 140 Å². The molecule has 1 atom stereocenters. The van der Waals surface area contributed by atoms with Crippen LogP contribution in [0.1, 0.15) is 11.7 Å². The van der Waals surface area contributed by atoms with Crippen molar-refractivity contribution in [3.05, 3.63) is 59.1 Å². The Hall–Kier alpha value is -2.24. The van der Waals surface area contributed by atoms with Crippen LogP contribution in [0.4, 0.5) is 10.5 Å². The summed E-state index contributed by atoms with van der Waals surface area (Å²) in [6.07, 6.45) is -0.776. The fourth-order valence-corrected chi connectivity index (χ4v) is 2.15. The van der Waals surface area contributed by atoms with Gasteiger partial charge in [0.2, 0.25) is 0 Å². The number of rotatable bonds is 5. The van der Waals surface area contributed by atoms with Gasteiger partial charge >= 0.3 is 6.03 Å². The van der Waals surface area contributed by atoms with Crippen LogP contribution in [0.5, 0.6) is 5.75 Å². The Kier molecular flexibility index (Phi) is 5.84. The minimum atomic E-state index is -0.776. The standard InChI is InChI=1S/C17H19ClN2O3/c1-20(17(22)19-14-7-5-13(18)6-8-14)11-16(21)12-3-9-15(23-2)10-4-12/h3-10,16,21H,11H2,1-2H3,(H,19,22). The largest absolute Gasteiger partial charge is 0.497 e. The number of methoxy groups -OCH3 is 1. The van der Waals surface area contributed by atoms with Gasteiger partial charge in [-0.15, -0.1) is 0 Å². The van der Waals surface area contributed by atoms with Gasteiger partial charge in [-0.2, -0.15) is 0 Å². The molecule has 0 aromatic heterocycles. The lowest BCUT2D eigenvalue weighted by Crippen LogP contribution is -2.34. The highest BCUT2D eigenvalue weighted by atomic mass is 35.5. The number of ether oxygens (including phenoxy) is 1. The molecule has 23 heavy (non-hydrogen) atoms. The Morgan fingerprint density at radius 2 is 1.83 bits per heavy atom. The molecule has 0 heterocycles. The zero-order valence-corrected chi connectivity index (χ0v) is 13.7.